The molecular formula is C19H26N4O. The Morgan fingerprint density at radius 2 is 1.96 bits per heavy atom. The number of aryl methyl sites for hydroxylation is 1. The third-order valence-electron chi connectivity index (χ3n) is 4.74. The van der Waals surface area contributed by atoms with E-state index in [4.69, 9.17) is 0 Å². The van der Waals surface area contributed by atoms with Gasteiger partial charge in [0, 0.05) is 31.4 Å². The Balaban J connectivity index is 1.48. The third kappa shape index (κ3) is 4.22. The standard InChI is InChI=1S/C19H26N4O/c1-2-3-9-18-15-23(21-20-18)14-16-10-12-22(13-11-16)19(24)17-7-5-4-6-8-17/h4-8,15-16H,2-3,9-14H2,1H3. The quantitative estimate of drug-likeness (QED) is 0.819. The summed E-state index contributed by atoms with van der Waals surface area (Å²) in [6.45, 7) is 4.76. The number of carbonyl (C=O) groups excluding carboxylic acids is 1. The lowest BCUT2D eigenvalue weighted by Crippen LogP contribution is -2.39. The van der Waals surface area contributed by atoms with E-state index in [9.17, 15) is 4.79 Å². The van der Waals surface area contributed by atoms with Crippen LogP contribution >= 0.6 is 0 Å². The predicted octanol–water partition coefficient (Wildman–Crippen LogP) is 3.17. The average molecular weight is 326 g/mol. The Labute approximate surface area is 143 Å². The summed E-state index contributed by atoms with van der Waals surface area (Å²) in [4.78, 5) is 14.4. The van der Waals surface area contributed by atoms with Gasteiger partial charge in [-0.15, -0.1) is 5.10 Å². The lowest BCUT2D eigenvalue weighted by atomic mass is 9.96. The fraction of sp³-hybridized carbons (Fsp3) is 0.526. The average Bonchev–Trinajstić information content (AvgIpc) is 3.08. The molecule has 1 aliphatic rings. The van der Waals surface area contributed by atoms with Gasteiger partial charge in [-0.25, -0.2) is 0 Å². The molecule has 1 aromatic heterocycles. The van der Waals surface area contributed by atoms with Crippen molar-refractivity contribution in [3.63, 3.8) is 0 Å². The molecular weight excluding hydrogens is 300 g/mol. The van der Waals surface area contributed by atoms with Crippen molar-refractivity contribution in [2.24, 2.45) is 5.92 Å². The van der Waals surface area contributed by atoms with Crippen LogP contribution in [0.4, 0.5) is 0 Å². The molecule has 128 valence electrons. The number of hydrogen-bond acceptors (Lipinski definition) is 3. The maximum Gasteiger partial charge on any atom is 0.253 e. The van der Waals surface area contributed by atoms with E-state index in [1.54, 1.807) is 0 Å². The maximum absolute atomic E-state index is 12.5. The fourth-order valence-electron chi connectivity index (χ4n) is 3.25. The Bertz CT molecular complexity index is 644. The van der Waals surface area contributed by atoms with Crippen molar-refractivity contribution in [1.29, 1.82) is 0 Å². The van der Waals surface area contributed by atoms with Gasteiger partial charge in [0.1, 0.15) is 0 Å². The first-order valence-corrected chi connectivity index (χ1v) is 8.99. The number of likely N-dealkylation sites (tertiary alicyclic amines) is 1. The van der Waals surface area contributed by atoms with E-state index < -0.39 is 0 Å². The largest absolute Gasteiger partial charge is 0.339 e. The fourth-order valence-corrected chi connectivity index (χ4v) is 3.25. The van der Waals surface area contributed by atoms with E-state index in [-0.39, 0.29) is 5.91 Å². The molecule has 3 rings (SSSR count). The number of benzene rings is 1. The van der Waals surface area contributed by atoms with E-state index in [0.717, 1.165) is 50.2 Å². The SMILES string of the molecule is CCCCc1cn(CC2CCN(C(=O)c3ccccc3)CC2)nn1. The summed E-state index contributed by atoms with van der Waals surface area (Å²) in [5.41, 5.74) is 1.88. The zero-order chi connectivity index (χ0) is 16.8. The van der Waals surface area contributed by atoms with E-state index >= 15 is 0 Å². The first-order chi connectivity index (χ1) is 11.8. The molecule has 5 heteroatoms. The van der Waals surface area contributed by atoms with Crippen molar-refractivity contribution in [1.82, 2.24) is 19.9 Å². The predicted molar refractivity (Wildman–Crippen MR) is 93.7 cm³/mol. The van der Waals surface area contributed by atoms with Gasteiger partial charge in [0.15, 0.2) is 0 Å². The Morgan fingerprint density at radius 3 is 2.67 bits per heavy atom. The van der Waals surface area contributed by atoms with Crippen molar-refractivity contribution in [3.8, 4) is 0 Å². The summed E-state index contributed by atoms with van der Waals surface area (Å²) < 4.78 is 1.98. The van der Waals surface area contributed by atoms with Crippen molar-refractivity contribution in [3.05, 3.63) is 47.8 Å². The Kier molecular flexibility index (Phi) is 5.62. The first-order valence-electron chi connectivity index (χ1n) is 8.99. The molecule has 0 N–H and O–H groups in total. The Hall–Kier alpha value is -2.17. The monoisotopic (exact) mass is 326 g/mol. The number of hydrogen-bond donors (Lipinski definition) is 0. The number of rotatable bonds is 6. The first kappa shape index (κ1) is 16.7. The molecule has 1 fully saturated rings. The molecule has 1 aliphatic heterocycles. The molecule has 0 atom stereocenters. The summed E-state index contributed by atoms with van der Waals surface area (Å²) in [6, 6.07) is 9.56. The van der Waals surface area contributed by atoms with Crippen molar-refractivity contribution >= 4 is 5.91 Å². The van der Waals surface area contributed by atoms with Crippen molar-refractivity contribution in [2.75, 3.05) is 13.1 Å². The molecule has 1 saturated heterocycles. The minimum absolute atomic E-state index is 0.150. The van der Waals surface area contributed by atoms with Crippen molar-refractivity contribution < 1.29 is 4.79 Å². The normalized spacial score (nSPS) is 15.6. The van der Waals surface area contributed by atoms with Crippen LogP contribution in [0.1, 0.15) is 48.7 Å². The van der Waals surface area contributed by atoms with E-state index in [0.29, 0.717) is 5.92 Å². The zero-order valence-electron chi connectivity index (χ0n) is 14.4. The summed E-state index contributed by atoms with van der Waals surface area (Å²) in [5.74, 6) is 0.724. The van der Waals surface area contributed by atoms with E-state index in [1.165, 1.54) is 12.8 Å². The summed E-state index contributed by atoms with van der Waals surface area (Å²) in [7, 11) is 0. The molecule has 1 amide bonds. The molecule has 0 bridgehead atoms. The van der Waals surface area contributed by atoms with Crippen LogP contribution in [0, 0.1) is 5.92 Å². The van der Waals surface area contributed by atoms with Gasteiger partial charge >= 0.3 is 0 Å². The van der Waals surface area contributed by atoms with Gasteiger partial charge in [-0.05, 0) is 43.7 Å². The van der Waals surface area contributed by atoms with Crippen LogP contribution in [0.3, 0.4) is 0 Å². The molecule has 0 spiro atoms. The van der Waals surface area contributed by atoms with Crippen LogP contribution in [-0.2, 0) is 13.0 Å². The molecule has 0 aliphatic carbocycles. The van der Waals surface area contributed by atoms with Gasteiger partial charge < -0.3 is 4.90 Å². The van der Waals surface area contributed by atoms with Gasteiger partial charge in [0.2, 0.25) is 0 Å². The van der Waals surface area contributed by atoms with Gasteiger partial charge in [0.25, 0.3) is 5.91 Å². The smallest absolute Gasteiger partial charge is 0.253 e. The second-order valence-corrected chi connectivity index (χ2v) is 6.64. The van der Waals surface area contributed by atoms with Crippen LogP contribution in [-0.4, -0.2) is 38.9 Å². The molecule has 2 heterocycles. The number of amides is 1. The van der Waals surface area contributed by atoms with Gasteiger partial charge in [-0.3, -0.25) is 9.48 Å². The molecule has 5 nitrogen and oxygen atoms in total. The van der Waals surface area contributed by atoms with Crippen LogP contribution in [0.25, 0.3) is 0 Å². The third-order valence-corrected chi connectivity index (χ3v) is 4.74. The minimum Gasteiger partial charge on any atom is -0.339 e. The van der Waals surface area contributed by atoms with Gasteiger partial charge in [-0.1, -0.05) is 36.8 Å². The van der Waals surface area contributed by atoms with Crippen LogP contribution < -0.4 is 0 Å². The highest BCUT2D eigenvalue weighted by Crippen LogP contribution is 2.20. The van der Waals surface area contributed by atoms with Gasteiger partial charge in [-0.2, -0.15) is 0 Å². The number of aromatic nitrogens is 3. The summed E-state index contributed by atoms with van der Waals surface area (Å²) >= 11 is 0. The number of piperidine rings is 1. The molecule has 1 aromatic carbocycles. The Morgan fingerprint density at radius 1 is 1.21 bits per heavy atom. The van der Waals surface area contributed by atoms with E-state index in [1.807, 2.05) is 39.9 Å². The second-order valence-electron chi connectivity index (χ2n) is 6.64. The molecule has 24 heavy (non-hydrogen) atoms. The van der Waals surface area contributed by atoms with Gasteiger partial charge in [0.05, 0.1) is 5.69 Å². The second kappa shape index (κ2) is 8.08. The number of unbranched alkanes of at least 4 members (excludes halogenated alkanes) is 1. The zero-order valence-corrected chi connectivity index (χ0v) is 14.4. The van der Waals surface area contributed by atoms with Crippen LogP contribution in [0.15, 0.2) is 36.5 Å². The highest BCUT2D eigenvalue weighted by molar-refractivity contribution is 5.94. The highest BCUT2D eigenvalue weighted by Gasteiger charge is 2.24. The number of nitrogens with zero attached hydrogens (tertiary/aromatic N) is 4. The van der Waals surface area contributed by atoms with Crippen LogP contribution in [0.2, 0.25) is 0 Å². The summed E-state index contributed by atoms with van der Waals surface area (Å²) in [5, 5.41) is 8.50. The van der Waals surface area contributed by atoms with E-state index in [2.05, 4.69) is 23.4 Å². The molecule has 2 aromatic rings. The highest BCUT2D eigenvalue weighted by atomic mass is 16.2. The maximum atomic E-state index is 12.5. The molecule has 0 saturated carbocycles. The minimum atomic E-state index is 0.150. The van der Waals surface area contributed by atoms with Crippen LogP contribution in [0.5, 0.6) is 0 Å². The van der Waals surface area contributed by atoms with Crippen molar-refractivity contribution in [2.45, 2.75) is 45.6 Å². The molecule has 0 unspecified atom stereocenters. The molecule has 0 radical (unpaired) electrons. The topological polar surface area (TPSA) is 51.0 Å². The lowest BCUT2D eigenvalue weighted by molar-refractivity contribution is 0.0681. The number of carbonyl (C=O) groups is 1. The summed E-state index contributed by atoms with van der Waals surface area (Å²) in [6.07, 6.45) is 7.50. The lowest BCUT2D eigenvalue weighted by Gasteiger charge is -2.32.